The van der Waals surface area contributed by atoms with Crippen LogP contribution in [-0.4, -0.2) is 13.1 Å². The van der Waals surface area contributed by atoms with Crippen LogP contribution in [0.3, 0.4) is 0 Å². The number of benzene rings is 2. The van der Waals surface area contributed by atoms with Gasteiger partial charge in [-0.05, 0) is 37.1 Å². The van der Waals surface area contributed by atoms with Crippen molar-refractivity contribution in [3.05, 3.63) is 60.7 Å². The predicted octanol–water partition coefficient (Wildman–Crippen LogP) is 4.73. The van der Waals surface area contributed by atoms with Crippen molar-refractivity contribution >= 4 is 11.4 Å². The van der Waals surface area contributed by atoms with Gasteiger partial charge in [-0.25, -0.2) is 0 Å². The van der Waals surface area contributed by atoms with Gasteiger partial charge in [0.05, 0.1) is 24.5 Å². The van der Waals surface area contributed by atoms with Crippen LogP contribution in [0.1, 0.15) is 12.8 Å². The summed E-state index contributed by atoms with van der Waals surface area (Å²) in [5, 5.41) is 16.0. The second-order valence-corrected chi connectivity index (χ2v) is 4.59. The van der Waals surface area contributed by atoms with Crippen LogP contribution in [0.5, 0.6) is 0 Å². The first-order valence-corrected chi connectivity index (χ1v) is 7.30. The zero-order valence-corrected chi connectivity index (χ0v) is 12.4. The molecule has 0 spiro atoms. The lowest BCUT2D eigenvalue weighted by molar-refractivity contribution is 0.715. The molecule has 0 radical (unpaired) electrons. The molecule has 0 aliphatic carbocycles. The van der Waals surface area contributed by atoms with Crippen molar-refractivity contribution in [2.24, 2.45) is 20.7 Å². The van der Waals surface area contributed by atoms with Crippen LogP contribution in [0.15, 0.2) is 81.3 Å². The van der Waals surface area contributed by atoms with Crippen LogP contribution in [0.25, 0.3) is 0 Å². The standard InChI is InChI=1S/C16H20N6/c1-3-9-15(10-4-1)19-21-17-13-7-8-14-18-22-20-16-11-5-2-6-12-16/h1-6,9-12H,7-8,13-14H2,(H,17,19)(H,18,20). The fourth-order valence-electron chi connectivity index (χ4n) is 1.68. The van der Waals surface area contributed by atoms with Gasteiger partial charge in [-0.15, -0.1) is 0 Å². The summed E-state index contributed by atoms with van der Waals surface area (Å²) in [6.45, 7) is 1.36. The van der Waals surface area contributed by atoms with Crippen molar-refractivity contribution in [3.8, 4) is 0 Å². The van der Waals surface area contributed by atoms with Crippen LogP contribution in [0.2, 0.25) is 0 Å². The highest BCUT2D eigenvalue weighted by molar-refractivity contribution is 5.41. The molecule has 0 aliphatic rings. The van der Waals surface area contributed by atoms with Gasteiger partial charge in [-0.1, -0.05) is 46.8 Å². The van der Waals surface area contributed by atoms with Gasteiger partial charge in [0.2, 0.25) is 0 Å². The Morgan fingerprint density at radius 2 is 1.00 bits per heavy atom. The third-order valence-electron chi connectivity index (χ3n) is 2.81. The minimum absolute atomic E-state index is 0.682. The molecule has 114 valence electrons. The largest absolute Gasteiger partial charge is 0.260 e. The molecule has 2 rings (SSSR count). The van der Waals surface area contributed by atoms with Gasteiger partial charge in [0.1, 0.15) is 0 Å². The minimum Gasteiger partial charge on any atom is -0.260 e. The van der Waals surface area contributed by atoms with E-state index in [0.29, 0.717) is 13.1 Å². The lowest BCUT2D eigenvalue weighted by Gasteiger charge is -1.98. The normalized spacial score (nSPS) is 11.1. The number of nitrogens with one attached hydrogen (secondary N) is 2. The van der Waals surface area contributed by atoms with Crippen LogP contribution >= 0.6 is 0 Å². The minimum atomic E-state index is 0.682. The molecule has 2 N–H and O–H groups in total. The van der Waals surface area contributed by atoms with Crippen molar-refractivity contribution in [2.75, 3.05) is 23.9 Å². The number of anilines is 2. The SMILES string of the molecule is c1ccc(NN=NCCCCN=NNc2ccccc2)cc1. The third kappa shape index (κ3) is 6.60. The van der Waals surface area contributed by atoms with Crippen LogP contribution in [0.4, 0.5) is 11.4 Å². The fraction of sp³-hybridized carbons (Fsp3) is 0.250. The molecule has 6 nitrogen and oxygen atoms in total. The Morgan fingerprint density at radius 1 is 0.591 bits per heavy atom. The first-order chi connectivity index (χ1) is 10.9. The molecule has 0 fully saturated rings. The van der Waals surface area contributed by atoms with Crippen molar-refractivity contribution in [2.45, 2.75) is 12.8 Å². The zero-order valence-electron chi connectivity index (χ0n) is 12.4. The van der Waals surface area contributed by atoms with E-state index in [1.807, 2.05) is 60.7 Å². The van der Waals surface area contributed by atoms with Crippen LogP contribution in [0, 0.1) is 0 Å². The van der Waals surface area contributed by atoms with Gasteiger partial charge in [0.15, 0.2) is 0 Å². The quantitative estimate of drug-likeness (QED) is 0.399. The molecule has 0 bridgehead atoms. The smallest absolute Gasteiger partial charge is 0.0621 e. The molecule has 2 aromatic carbocycles. The first kappa shape index (κ1) is 15.6. The van der Waals surface area contributed by atoms with Crippen molar-refractivity contribution in [3.63, 3.8) is 0 Å². The second kappa shape index (κ2) is 10.0. The number of hydrogen-bond acceptors (Lipinski definition) is 4. The van der Waals surface area contributed by atoms with Crippen LogP contribution < -0.4 is 10.9 Å². The number of unbranched alkanes of at least 4 members (excludes halogenated alkanes) is 1. The van der Waals surface area contributed by atoms with E-state index in [4.69, 9.17) is 0 Å². The van der Waals surface area contributed by atoms with Gasteiger partial charge in [-0.2, -0.15) is 10.2 Å². The molecule has 0 atom stereocenters. The monoisotopic (exact) mass is 296 g/mol. The van der Waals surface area contributed by atoms with E-state index in [-0.39, 0.29) is 0 Å². The zero-order chi connectivity index (χ0) is 15.3. The highest BCUT2D eigenvalue weighted by atomic mass is 15.4. The molecule has 0 amide bonds. The third-order valence-corrected chi connectivity index (χ3v) is 2.81. The Balaban J connectivity index is 1.49. The lowest BCUT2D eigenvalue weighted by Crippen LogP contribution is -1.90. The second-order valence-electron chi connectivity index (χ2n) is 4.59. The maximum Gasteiger partial charge on any atom is 0.0621 e. The van der Waals surface area contributed by atoms with E-state index in [0.717, 1.165) is 24.2 Å². The van der Waals surface area contributed by atoms with E-state index >= 15 is 0 Å². The van der Waals surface area contributed by atoms with E-state index < -0.39 is 0 Å². The summed E-state index contributed by atoms with van der Waals surface area (Å²) in [6, 6.07) is 19.5. The van der Waals surface area contributed by atoms with E-state index in [1.165, 1.54) is 0 Å². The maximum atomic E-state index is 4.06. The predicted molar refractivity (Wildman–Crippen MR) is 88.8 cm³/mol. The molecule has 6 heteroatoms. The summed E-state index contributed by atoms with van der Waals surface area (Å²) in [5.41, 5.74) is 7.63. The fourth-order valence-corrected chi connectivity index (χ4v) is 1.68. The number of hydrogen-bond donors (Lipinski definition) is 2. The molecule has 0 aromatic heterocycles. The molecule has 22 heavy (non-hydrogen) atoms. The summed E-state index contributed by atoms with van der Waals surface area (Å²) in [5.74, 6) is 0. The summed E-state index contributed by atoms with van der Waals surface area (Å²) in [7, 11) is 0. The molecule has 0 aliphatic heterocycles. The van der Waals surface area contributed by atoms with Gasteiger partial charge in [0.25, 0.3) is 0 Å². The Morgan fingerprint density at radius 3 is 1.41 bits per heavy atom. The molecular formula is C16H20N6. The molecule has 0 saturated carbocycles. The van der Waals surface area contributed by atoms with Gasteiger partial charge in [-0.3, -0.25) is 10.9 Å². The Bertz CT molecular complexity index is 514. The average Bonchev–Trinajstić information content (AvgIpc) is 2.58. The molecule has 0 heterocycles. The summed E-state index contributed by atoms with van der Waals surface area (Å²) < 4.78 is 0. The van der Waals surface area contributed by atoms with Gasteiger partial charge < -0.3 is 0 Å². The molecular weight excluding hydrogens is 276 g/mol. The summed E-state index contributed by atoms with van der Waals surface area (Å²) in [4.78, 5) is 0. The Hall–Kier alpha value is -2.76. The summed E-state index contributed by atoms with van der Waals surface area (Å²) in [6.07, 6.45) is 1.87. The molecule has 0 saturated heterocycles. The number of nitrogens with zero attached hydrogens (tertiary/aromatic N) is 4. The van der Waals surface area contributed by atoms with Crippen molar-refractivity contribution in [1.82, 2.24) is 0 Å². The number of para-hydroxylation sites is 2. The Kier molecular flexibility index (Phi) is 7.13. The maximum absolute atomic E-state index is 4.06. The van der Waals surface area contributed by atoms with Gasteiger partial charge >= 0.3 is 0 Å². The Labute approximate surface area is 130 Å². The highest BCUT2D eigenvalue weighted by Gasteiger charge is 1.88. The van der Waals surface area contributed by atoms with Crippen LogP contribution in [-0.2, 0) is 0 Å². The topological polar surface area (TPSA) is 73.5 Å². The van der Waals surface area contributed by atoms with E-state index in [1.54, 1.807) is 0 Å². The van der Waals surface area contributed by atoms with Crippen molar-refractivity contribution < 1.29 is 0 Å². The van der Waals surface area contributed by atoms with Crippen molar-refractivity contribution in [1.29, 1.82) is 0 Å². The highest BCUT2D eigenvalue weighted by Crippen LogP contribution is 2.05. The number of rotatable bonds is 9. The molecule has 2 aromatic rings. The van der Waals surface area contributed by atoms with E-state index in [9.17, 15) is 0 Å². The van der Waals surface area contributed by atoms with Gasteiger partial charge in [0, 0.05) is 0 Å². The average molecular weight is 296 g/mol. The first-order valence-electron chi connectivity index (χ1n) is 7.30. The summed E-state index contributed by atoms with van der Waals surface area (Å²) >= 11 is 0. The van der Waals surface area contributed by atoms with E-state index in [2.05, 4.69) is 31.5 Å². The molecule has 0 unspecified atom stereocenters. The lowest BCUT2D eigenvalue weighted by atomic mass is 10.3.